The number of para-hydroxylation sites is 1. The third-order valence-electron chi connectivity index (χ3n) is 4.70. The predicted molar refractivity (Wildman–Crippen MR) is 114 cm³/mol. The number of hydrogen-bond donors (Lipinski definition) is 1. The van der Waals surface area contributed by atoms with Gasteiger partial charge in [0.15, 0.2) is 0 Å². The molecule has 28 heavy (non-hydrogen) atoms. The SMILES string of the molecule is Cc1c(N[P@@](C)(=O)Oc2ccc(C(C)C)cc2)c(=O)n(-c2ccccc2)n1C. The van der Waals surface area contributed by atoms with Crippen LogP contribution < -0.4 is 15.2 Å². The monoisotopic (exact) mass is 399 g/mol. The van der Waals surface area contributed by atoms with E-state index in [1.54, 1.807) is 30.8 Å². The summed E-state index contributed by atoms with van der Waals surface area (Å²) in [5.74, 6) is 0.906. The van der Waals surface area contributed by atoms with Crippen LogP contribution in [0.3, 0.4) is 0 Å². The van der Waals surface area contributed by atoms with Crippen molar-refractivity contribution in [2.45, 2.75) is 26.7 Å². The van der Waals surface area contributed by atoms with Gasteiger partial charge in [0.1, 0.15) is 11.4 Å². The zero-order chi connectivity index (χ0) is 20.5. The van der Waals surface area contributed by atoms with Crippen LogP contribution in [-0.2, 0) is 11.6 Å². The van der Waals surface area contributed by atoms with Gasteiger partial charge in [-0.2, -0.15) is 0 Å². The highest BCUT2D eigenvalue weighted by Gasteiger charge is 2.24. The molecule has 1 aromatic heterocycles. The molecule has 0 aliphatic rings. The Labute approximate surface area is 165 Å². The lowest BCUT2D eigenvalue weighted by Crippen LogP contribution is -2.20. The van der Waals surface area contributed by atoms with Gasteiger partial charge < -0.3 is 4.52 Å². The zero-order valence-electron chi connectivity index (χ0n) is 16.8. The van der Waals surface area contributed by atoms with Gasteiger partial charge in [-0.05, 0) is 42.7 Å². The average molecular weight is 399 g/mol. The lowest BCUT2D eigenvalue weighted by molar-refractivity contribution is 0.493. The first-order valence-electron chi connectivity index (χ1n) is 9.19. The maximum absolute atomic E-state index is 13.0. The molecule has 148 valence electrons. The maximum Gasteiger partial charge on any atom is 0.338 e. The van der Waals surface area contributed by atoms with E-state index in [2.05, 4.69) is 18.9 Å². The summed E-state index contributed by atoms with van der Waals surface area (Å²) in [6.07, 6.45) is 0. The van der Waals surface area contributed by atoms with E-state index in [1.165, 1.54) is 16.9 Å². The highest BCUT2D eigenvalue weighted by molar-refractivity contribution is 7.60. The van der Waals surface area contributed by atoms with E-state index in [0.29, 0.717) is 17.4 Å². The van der Waals surface area contributed by atoms with Crippen LogP contribution in [0, 0.1) is 6.92 Å². The molecule has 0 aliphatic heterocycles. The number of aromatic nitrogens is 2. The Kier molecular flexibility index (Phi) is 5.52. The zero-order valence-corrected chi connectivity index (χ0v) is 17.7. The number of rotatable bonds is 6. The van der Waals surface area contributed by atoms with Gasteiger partial charge in [0.05, 0.1) is 11.4 Å². The molecule has 0 aliphatic carbocycles. The fourth-order valence-electron chi connectivity index (χ4n) is 3.04. The highest BCUT2D eigenvalue weighted by Crippen LogP contribution is 2.43. The summed E-state index contributed by atoms with van der Waals surface area (Å²) in [4.78, 5) is 13.0. The van der Waals surface area contributed by atoms with E-state index >= 15 is 0 Å². The summed E-state index contributed by atoms with van der Waals surface area (Å²) in [6.45, 7) is 7.50. The van der Waals surface area contributed by atoms with Crippen LogP contribution in [0.25, 0.3) is 5.69 Å². The van der Waals surface area contributed by atoms with Gasteiger partial charge in [-0.3, -0.25) is 19.1 Å². The lowest BCUT2D eigenvalue weighted by atomic mass is 10.0. The second-order valence-electron chi connectivity index (χ2n) is 7.21. The third kappa shape index (κ3) is 4.07. The standard InChI is InChI=1S/C21H26N3O3P/c1-15(2)17-11-13-19(14-12-17)27-28(5,26)22-20-16(3)23(4)24(21(20)25)18-9-7-6-8-10-18/h6-15H,1-5H3,(H,22,26)/t28-/m0/s1. The Morgan fingerprint density at radius 2 is 1.64 bits per heavy atom. The first-order chi connectivity index (χ1) is 13.2. The van der Waals surface area contributed by atoms with Crippen LogP contribution in [0.5, 0.6) is 5.75 Å². The minimum absolute atomic E-state index is 0.271. The number of anilines is 1. The van der Waals surface area contributed by atoms with Crippen LogP contribution in [-0.4, -0.2) is 16.0 Å². The first kappa shape index (κ1) is 20.0. The maximum atomic E-state index is 13.0. The molecule has 0 unspecified atom stereocenters. The van der Waals surface area contributed by atoms with Crippen LogP contribution in [0.2, 0.25) is 0 Å². The average Bonchev–Trinajstić information content (AvgIpc) is 2.85. The van der Waals surface area contributed by atoms with Gasteiger partial charge in [-0.1, -0.05) is 44.2 Å². The minimum atomic E-state index is -3.30. The van der Waals surface area contributed by atoms with Gasteiger partial charge >= 0.3 is 7.52 Å². The largest absolute Gasteiger partial charge is 0.429 e. The molecule has 0 bridgehead atoms. The van der Waals surface area contributed by atoms with Gasteiger partial charge in [0.25, 0.3) is 5.56 Å². The summed E-state index contributed by atoms with van der Waals surface area (Å²) >= 11 is 0. The van der Waals surface area contributed by atoms with Gasteiger partial charge in [0, 0.05) is 13.7 Å². The van der Waals surface area contributed by atoms with E-state index in [9.17, 15) is 9.36 Å². The third-order valence-corrected chi connectivity index (χ3v) is 5.88. The van der Waals surface area contributed by atoms with Gasteiger partial charge in [0.2, 0.25) is 0 Å². The quantitative estimate of drug-likeness (QED) is 0.598. The topological polar surface area (TPSA) is 65.3 Å². The van der Waals surface area contributed by atoms with Crippen molar-refractivity contribution < 1.29 is 9.09 Å². The normalized spacial score (nSPS) is 13.4. The molecule has 0 fully saturated rings. The first-order valence-corrected chi connectivity index (χ1v) is 11.3. The number of hydrogen-bond acceptors (Lipinski definition) is 3. The van der Waals surface area contributed by atoms with E-state index in [1.807, 2.05) is 42.5 Å². The lowest BCUT2D eigenvalue weighted by Gasteiger charge is -2.17. The molecular weight excluding hydrogens is 373 g/mol. The molecule has 1 atom stereocenters. The molecule has 1 heterocycles. The summed E-state index contributed by atoms with van der Waals surface area (Å²) in [6, 6.07) is 16.8. The predicted octanol–water partition coefficient (Wildman–Crippen LogP) is 4.92. The molecule has 0 saturated carbocycles. The fraction of sp³-hybridized carbons (Fsp3) is 0.286. The minimum Gasteiger partial charge on any atom is -0.429 e. The van der Waals surface area contributed by atoms with Crippen molar-refractivity contribution in [2.24, 2.45) is 7.05 Å². The van der Waals surface area contributed by atoms with Crippen LogP contribution in [0.4, 0.5) is 5.69 Å². The molecule has 1 N–H and O–H groups in total. The molecule has 6 nitrogen and oxygen atoms in total. The molecular formula is C21H26N3O3P. The number of nitrogens with zero attached hydrogens (tertiary/aromatic N) is 2. The molecule has 3 aromatic rings. The van der Waals surface area contributed by atoms with Gasteiger partial charge in [-0.25, -0.2) is 4.68 Å². The Bertz CT molecular complexity index is 1070. The van der Waals surface area contributed by atoms with Crippen molar-refractivity contribution >= 4 is 13.2 Å². The second kappa shape index (κ2) is 7.72. The van der Waals surface area contributed by atoms with E-state index in [-0.39, 0.29) is 11.2 Å². The Balaban J connectivity index is 1.88. The molecule has 2 aromatic carbocycles. The van der Waals surface area contributed by atoms with Crippen molar-refractivity contribution in [3.05, 3.63) is 76.2 Å². The number of benzene rings is 2. The molecule has 0 amide bonds. The van der Waals surface area contributed by atoms with Gasteiger partial charge in [-0.15, -0.1) is 0 Å². The smallest absolute Gasteiger partial charge is 0.338 e. The number of nitrogens with one attached hydrogen (secondary N) is 1. The van der Waals surface area contributed by atoms with Crippen molar-refractivity contribution in [2.75, 3.05) is 11.8 Å². The van der Waals surface area contributed by atoms with Crippen molar-refractivity contribution in [1.82, 2.24) is 9.36 Å². The van der Waals surface area contributed by atoms with Crippen LogP contribution >= 0.6 is 7.52 Å². The highest BCUT2D eigenvalue weighted by atomic mass is 31.2. The molecule has 7 heteroatoms. The van der Waals surface area contributed by atoms with Crippen molar-refractivity contribution in [1.29, 1.82) is 0 Å². The second-order valence-corrected chi connectivity index (χ2v) is 9.31. The van der Waals surface area contributed by atoms with Crippen molar-refractivity contribution in [3.63, 3.8) is 0 Å². The molecule has 3 rings (SSSR count). The molecule has 0 radical (unpaired) electrons. The van der Waals surface area contributed by atoms with Crippen LogP contribution in [0.15, 0.2) is 59.4 Å². The van der Waals surface area contributed by atoms with E-state index in [4.69, 9.17) is 4.52 Å². The fourth-order valence-corrected chi connectivity index (χ4v) is 4.27. The Morgan fingerprint density at radius 1 is 1.04 bits per heavy atom. The van der Waals surface area contributed by atoms with Crippen LogP contribution in [0.1, 0.15) is 31.0 Å². The summed E-state index contributed by atoms with van der Waals surface area (Å²) in [5, 5.41) is 2.85. The van der Waals surface area contributed by atoms with E-state index in [0.717, 1.165) is 5.69 Å². The Hall–Kier alpha value is -2.72. The molecule has 0 saturated heterocycles. The summed E-state index contributed by atoms with van der Waals surface area (Å²) in [5.41, 5.74) is 2.59. The van der Waals surface area contributed by atoms with E-state index < -0.39 is 7.52 Å². The molecule has 0 spiro atoms. The summed E-state index contributed by atoms with van der Waals surface area (Å²) in [7, 11) is -1.51. The Morgan fingerprint density at radius 3 is 2.21 bits per heavy atom. The summed E-state index contributed by atoms with van der Waals surface area (Å²) < 4.78 is 22.0. The van der Waals surface area contributed by atoms with Crippen molar-refractivity contribution in [3.8, 4) is 11.4 Å².